The van der Waals surface area contributed by atoms with Crippen molar-refractivity contribution in [3.05, 3.63) is 0 Å². The minimum atomic E-state index is 0.420. The quantitative estimate of drug-likeness (QED) is 0.672. The number of morpholine rings is 1. The van der Waals surface area contributed by atoms with E-state index in [1.165, 1.54) is 32.1 Å². The SMILES string of the molecule is NC1CCCCC1N1CC2CC1CO2. The summed E-state index contributed by atoms with van der Waals surface area (Å²) in [4.78, 5) is 2.64. The summed E-state index contributed by atoms with van der Waals surface area (Å²) in [6.07, 6.45) is 7.00. The van der Waals surface area contributed by atoms with E-state index in [4.69, 9.17) is 10.5 Å². The minimum Gasteiger partial charge on any atom is -0.375 e. The highest BCUT2D eigenvalue weighted by molar-refractivity contribution is 4.98. The van der Waals surface area contributed by atoms with Crippen LogP contribution in [-0.4, -0.2) is 42.3 Å². The maximum Gasteiger partial charge on any atom is 0.0718 e. The average molecular weight is 196 g/mol. The third-order valence-corrected chi connectivity index (χ3v) is 4.15. The summed E-state index contributed by atoms with van der Waals surface area (Å²) >= 11 is 0. The lowest BCUT2D eigenvalue weighted by Crippen LogP contribution is -2.53. The molecule has 1 aliphatic carbocycles. The molecule has 2 N–H and O–H groups in total. The fraction of sp³-hybridized carbons (Fsp3) is 1.00. The molecule has 3 aliphatic rings. The highest BCUT2D eigenvalue weighted by Gasteiger charge is 2.43. The van der Waals surface area contributed by atoms with Crippen LogP contribution in [-0.2, 0) is 4.74 Å². The van der Waals surface area contributed by atoms with E-state index < -0.39 is 0 Å². The molecule has 2 aliphatic heterocycles. The third-order valence-electron chi connectivity index (χ3n) is 4.15. The number of hydrogen-bond donors (Lipinski definition) is 1. The van der Waals surface area contributed by atoms with Gasteiger partial charge in [0.05, 0.1) is 12.7 Å². The predicted molar refractivity (Wildman–Crippen MR) is 55.1 cm³/mol. The fourth-order valence-electron chi connectivity index (χ4n) is 3.39. The molecule has 3 rings (SSSR count). The molecule has 4 unspecified atom stereocenters. The van der Waals surface area contributed by atoms with E-state index in [2.05, 4.69) is 4.90 Å². The first kappa shape index (κ1) is 9.13. The summed E-state index contributed by atoms with van der Waals surface area (Å²) in [6.45, 7) is 2.09. The molecule has 2 saturated heterocycles. The molecule has 0 aromatic carbocycles. The van der Waals surface area contributed by atoms with Crippen molar-refractivity contribution < 1.29 is 4.74 Å². The molecule has 3 heteroatoms. The van der Waals surface area contributed by atoms with E-state index in [-0.39, 0.29) is 0 Å². The van der Waals surface area contributed by atoms with Gasteiger partial charge in [0.1, 0.15) is 0 Å². The fourth-order valence-corrected chi connectivity index (χ4v) is 3.39. The van der Waals surface area contributed by atoms with Crippen molar-refractivity contribution in [2.75, 3.05) is 13.2 Å². The molecule has 0 spiro atoms. The molecule has 3 nitrogen and oxygen atoms in total. The van der Waals surface area contributed by atoms with Crippen molar-refractivity contribution in [1.29, 1.82) is 0 Å². The monoisotopic (exact) mass is 196 g/mol. The smallest absolute Gasteiger partial charge is 0.0718 e. The molecule has 14 heavy (non-hydrogen) atoms. The van der Waals surface area contributed by atoms with Crippen LogP contribution in [0.25, 0.3) is 0 Å². The van der Waals surface area contributed by atoms with Crippen molar-refractivity contribution >= 4 is 0 Å². The van der Waals surface area contributed by atoms with E-state index in [9.17, 15) is 0 Å². The van der Waals surface area contributed by atoms with Gasteiger partial charge in [-0.2, -0.15) is 0 Å². The van der Waals surface area contributed by atoms with Gasteiger partial charge in [-0.25, -0.2) is 0 Å². The molecule has 1 saturated carbocycles. The lowest BCUT2D eigenvalue weighted by atomic mass is 9.89. The zero-order valence-corrected chi connectivity index (χ0v) is 8.69. The molecule has 2 heterocycles. The van der Waals surface area contributed by atoms with Crippen LogP contribution in [0.3, 0.4) is 0 Å². The summed E-state index contributed by atoms with van der Waals surface area (Å²) < 4.78 is 5.63. The van der Waals surface area contributed by atoms with E-state index in [0.717, 1.165) is 13.2 Å². The average Bonchev–Trinajstić information content (AvgIpc) is 2.79. The van der Waals surface area contributed by atoms with E-state index in [1.807, 2.05) is 0 Å². The first-order valence-electron chi connectivity index (χ1n) is 5.97. The topological polar surface area (TPSA) is 38.5 Å². The molecule has 0 aromatic heterocycles. The zero-order chi connectivity index (χ0) is 9.54. The van der Waals surface area contributed by atoms with Crippen LogP contribution in [0, 0.1) is 0 Å². The second kappa shape index (κ2) is 3.47. The summed E-state index contributed by atoms with van der Waals surface area (Å²) in [7, 11) is 0. The maximum absolute atomic E-state index is 6.21. The van der Waals surface area contributed by atoms with Crippen molar-refractivity contribution in [3.8, 4) is 0 Å². The molecule has 0 aromatic rings. The van der Waals surface area contributed by atoms with Crippen LogP contribution in [0.4, 0.5) is 0 Å². The summed E-state index contributed by atoms with van der Waals surface area (Å²) in [5, 5.41) is 0. The molecule has 3 fully saturated rings. The van der Waals surface area contributed by atoms with E-state index in [1.54, 1.807) is 0 Å². The van der Waals surface area contributed by atoms with Gasteiger partial charge in [-0.05, 0) is 19.3 Å². The first-order chi connectivity index (χ1) is 6.84. The lowest BCUT2D eigenvalue weighted by molar-refractivity contribution is -0.000607. The number of ether oxygens (including phenoxy) is 1. The van der Waals surface area contributed by atoms with Crippen LogP contribution < -0.4 is 5.73 Å². The Kier molecular flexibility index (Phi) is 2.26. The molecular weight excluding hydrogens is 176 g/mol. The second-order valence-electron chi connectivity index (χ2n) is 5.06. The van der Waals surface area contributed by atoms with Crippen molar-refractivity contribution in [3.63, 3.8) is 0 Å². The Morgan fingerprint density at radius 1 is 1.21 bits per heavy atom. The van der Waals surface area contributed by atoms with Gasteiger partial charge in [0, 0.05) is 24.7 Å². The predicted octanol–water partition coefficient (Wildman–Crippen LogP) is 0.729. The molecule has 2 bridgehead atoms. The van der Waals surface area contributed by atoms with E-state index in [0.29, 0.717) is 24.2 Å². The van der Waals surface area contributed by atoms with Gasteiger partial charge in [0.15, 0.2) is 0 Å². The molecule has 4 atom stereocenters. The van der Waals surface area contributed by atoms with Crippen LogP contribution in [0.1, 0.15) is 32.1 Å². The Balaban J connectivity index is 1.69. The lowest BCUT2D eigenvalue weighted by Gasteiger charge is -2.40. The third kappa shape index (κ3) is 1.38. The maximum atomic E-state index is 6.21. The normalized spacial score (nSPS) is 48.6. The Bertz CT molecular complexity index is 221. The van der Waals surface area contributed by atoms with Gasteiger partial charge >= 0.3 is 0 Å². The number of fused-ring (bicyclic) bond motifs is 2. The summed E-state index contributed by atoms with van der Waals surface area (Å²) in [6, 6.07) is 1.76. The minimum absolute atomic E-state index is 0.420. The van der Waals surface area contributed by atoms with Gasteiger partial charge in [0.25, 0.3) is 0 Å². The van der Waals surface area contributed by atoms with Crippen molar-refractivity contribution in [2.45, 2.75) is 56.3 Å². The van der Waals surface area contributed by atoms with Crippen LogP contribution in [0.2, 0.25) is 0 Å². The van der Waals surface area contributed by atoms with Gasteiger partial charge in [-0.1, -0.05) is 12.8 Å². The Morgan fingerprint density at radius 3 is 2.71 bits per heavy atom. The zero-order valence-electron chi connectivity index (χ0n) is 8.69. The molecular formula is C11H20N2O. The number of nitrogens with zero attached hydrogens (tertiary/aromatic N) is 1. The standard InChI is InChI=1S/C11H20N2O/c12-10-3-1-2-4-11(10)13-6-9-5-8(13)7-14-9/h8-11H,1-7,12H2. The van der Waals surface area contributed by atoms with Crippen LogP contribution in [0.15, 0.2) is 0 Å². The van der Waals surface area contributed by atoms with Gasteiger partial charge < -0.3 is 10.5 Å². The Morgan fingerprint density at radius 2 is 2.07 bits per heavy atom. The highest BCUT2D eigenvalue weighted by atomic mass is 16.5. The number of rotatable bonds is 1. The summed E-state index contributed by atoms with van der Waals surface area (Å²) in [5.74, 6) is 0. The second-order valence-corrected chi connectivity index (χ2v) is 5.06. The van der Waals surface area contributed by atoms with E-state index >= 15 is 0 Å². The Hall–Kier alpha value is -0.120. The van der Waals surface area contributed by atoms with Crippen LogP contribution >= 0.6 is 0 Å². The Labute approximate surface area is 85.6 Å². The van der Waals surface area contributed by atoms with Gasteiger partial charge in [-0.15, -0.1) is 0 Å². The van der Waals surface area contributed by atoms with Gasteiger partial charge in [-0.3, -0.25) is 4.90 Å². The van der Waals surface area contributed by atoms with Crippen molar-refractivity contribution in [1.82, 2.24) is 4.90 Å². The summed E-state index contributed by atoms with van der Waals surface area (Å²) in [5.41, 5.74) is 6.21. The van der Waals surface area contributed by atoms with Crippen molar-refractivity contribution in [2.24, 2.45) is 5.73 Å². The molecule has 0 radical (unpaired) electrons. The number of hydrogen-bond acceptors (Lipinski definition) is 3. The van der Waals surface area contributed by atoms with Crippen LogP contribution in [0.5, 0.6) is 0 Å². The highest BCUT2D eigenvalue weighted by Crippen LogP contribution is 2.33. The number of likely N-dealkylation sites (tertiary alicyclic amines) is 1. The molecule has 80 valence electrons. The largest absolute Gasteiger partial charge is 0.375 e. The van der Waals surface area contributed by atoms with Gasteiger partial charge in [0.2, 0.25) is 0 Å². The first-order valence-corrected chi connectivity index (χ1v) is 5.97. The number of nitrogens with two attached hydrogens (primary N) is 1. The molecule has 0 amide bonds.